The Bertz CT molecular complexity index is 1310. The number of benzene rings is 2. The number of carbonyl (C=O) groups excluding carboxylic acids is 1. The van der Waals surface area contributed by atoms with Gasteiger partial charge in [0.25, 0.3) is 0 Å². The largest absolute Gasteiger partial charge is 0.495 e. The highest BCUT2D eigenvalue weighted by Gasteiger charge is 2.30. The molecule has 0 aliphatic carbocycles. The molecule has 1 N–H and O–H groups in total. The first-order valence-corrected chi connectivity index (χ1v) is 13.0. The zero-order valence-electron chi connectivity index (χ0n) is 20.4. The summed E-state index contributed by atoms with van der Waals surface area (Å²) in [5.74, 6) is 0.182. The molecule has 1 atom stereocenters. The number of anilines is 1. The summed E-state index contributed by atoms with van der Waals surface area (Å²) in [6.07, 6.45) is 0. The van der Waals surface area contributed by atoms with Crippen LogP contribution < -0.4 is 10.1 Å². The zero-order chi connectivity index (χ0) is 25.2. The molecule has 186 valence electrons. The number of aromatic nitrogens is 1. The van der Waals surface area contributed by atoms with Gasteiger partial charge in [0.05, 0.1) is 26.4 Å². The third-order valence-corrected chi connectivity index (χ3v) is 8.16. The van der Waals surface area contributed by atoms with Crippen molar-refractivity contribution in [3.63, 3.8) is 0 Å². The molecule has 1 saturated heterocycles. The first-order chi connectivity index (χ1) is 16.7. The van der Waals surface area contributed by atoms with Crippen molar-refractivity contribution in [3.05, 3.63) is 71.5 Å². The fraction of sp³-hybridized carbons (Fsp3) is 0.346. The normalized spacial score (nSPS) is 15.5. The van der Waals surface area contributed by atoms with Gasteiger partial charge in [0.15, 0.2) is 5.78 Å². The molecule has 1 fully saturated rings. The summed E-state index contributed by atoms with van der Waals surface area (Å²) in [5.41, 5.74) is 3.97. The Kier molecular flexibility index (Phi) is 7.30. The van der Waals surface area contributed by atoms with E-state index in [4.69, 9.17) is 9.47 Å². The monoisotopic (exact) mass is 497 g/mol. The van der Waals surface area contributed by atoms with Crippen molar-refractivity contribution in [1.29, 1.82) is 0 Å². The van der Waals surface area contributed by atoms with Crippen LogP contribution in [0, 0.1) is 13.8 Å². The van der Waals surface area contributed by atoms with E-state index in [2.05, 4.69) is 9.88 Å². The van der Waals surface area contributed by atoms with Crippen LogP contribution in [0.5, 0.6) is 5.75 Å². The number of hydrogen-bond donors (Lipinski definition) is 1. The number of methoxy groups -OCH3 is 1. The summed E-state index contributed by atoms with van der Waals surface area (Å²) in [6.45, 7) is 6.96. The Balaban J connectivity index is 1.59. The molecule has 0 radical (unpaired) electrons. The predicted molar refractivity (Wildman–Crippen MR) is 135 cm³/mol. The van der Waals surface area contributed by atoms with E-state index in [0.29, 0.717) is 24.5 Å². The third-order valence-electron chi connectivity index (χ3n) is 6.24. The first-order valence-electron chi connectivity index (χ1n) is 11.5. The molecule has 4 rings (SSSR count). The van der Waals surface area contributed by atoms with Gasteiger partial charge in [0.1, 0.15) is 10.6 Å². The molecule has 3 aromatic rings. The number of sulfonamides is 1. The Morgan fingerprint density at radius 3 is 2.40 bits per heavy atom. The molecule has 35 heavy (non-hydrogen) atoms. The lowest BCUT2D eigenvalue weighted by atomic mass is 10.1. The number of ether oxygens (including phenoxy) is 2. The van der Waals surface area contributed by atoms with Gasteiger partial charge in [-0.2, -0.15) is 4.31 Å². The highest BCUT2D eigenvalue weighted by molar-refractivity contribution is 7.89. The molecule has 8 nitrogen and oxygen atoms in total. The van der Waals surface area contributed by atoms with Gasteiger partial charge in [-0.3, -0.25) is 4.79 Å². The second-order valence-corrected chi connectivity index (χ2v) is 10.5. The number of ketones is 1. The molecular formula is C26H31N3O5S. The molecule has 2 heterocycles. The molecule has 1 aliphatic rings. The van der Waals surface area contributed by atoms with Crippen LogP contribution in [0.25, 0.3) is 5.69 Å². The number of hydrogen-bond acceptors (Lipinski definition) is 6. The summed E-state index contributed by atoms with van der Waals surface area (Å²) in [7, 11) is -2.34. The van der Waals surface area contributed by atoms with E-state index in [-0.39, 0.29) is 29.5 Å². The van der Waals surface area contributed by atoms with Crippen molar-refractivity contribution in [2.45, 2.75) is 31.7 Å². The predicted octanol–water partition coefficient (Wildman–Crippen LogP) is 3.81. The fourth-order valence-electron chi connectivity index (χ4n) is 4.43. The van der Waals surface area contributed by atoms with Crippen LogP contribution in [0.4, 0.5) is 5.69 Å². The van der Waals surface area contributed by atoms with Gasteiger partial charge in [0.2, 0.25) is 10.0 Å². The molecule has 0 saturated carbocycles. The van der Waals surface area contributed by atoms with Gasteiger partial charge in [-0.1, -0.05) is 18.2 Å². The van der Waals surface area contributed by atoms with Gasteiger partial charge in [-0.05, 0) is 57.2 Å². The molecular weight excluding hydrogens is 466 g/mol. The quantitative estimate of drug-likeness (QED) is 0.476. The van der Waals surface area contributed by atoms with E-state index in [9.17, 15) is 13.2 Å². The molecule has 2 aromatic carbocycles. The molecule has 1 aromatic heterocycles. The Morgan fingerprint density at radius 1 is 1.06 bits per heavy atom. The first kappa shape index (κ1) is 25.0. The van der Waals surface area contributed by atoms with E-state index in [1.54, 1.807) is 19.1 Å². The summed E-state index contributed by atoms with van der Waals surface area (Å²) in [6, 6.07) is 16.1. The van der Waals surface area contributed by atoms with Crippen LogP contribution in [0.15, 0.2) is 59.5 Å². The van der Waals surface area contributed by atoms with Crippen LogP contribution in [-0.2, 0) is 14.8 Å². The third kappa shape index (κ3) is 4.98. The van der Waals surface area contributed by atoms with Crippen LogP contribution in [0.2, 0.25) is 0 Å². The lowest BCUT2D eigenvalue weighted by molar-refractivity contribution is 0.0729. The van der Waals surface area contributed by atoms with Gasteiger partial charge in [-0.15, -0.1) is 0 Å². The summed E-state index contributed by atoms with van der Waals surface area (Å²) in [5, 5.41) is 3.18. The standard InChI is InChI=1S/C26H31N3O5S/c1-18-16-23(20(3)29(18)22-8-6-5-7-9-22)26(30)19(2)27-21-10-11-24(33-4)25(17-21)35(31,32)28-12-14-34-15-13-28/h5-11,16-17,19,27H,12-15H2,1-4H3/t19-/m0/s1. The minimum absolute atomic E-state index is 0.0637. The van der Waals surface area contributed by atoms with E-state index < -0.39 is 16.1 Å². The lowest BCUT2D eigenvalue weighted by Gasteiger charge is -2.27. The fourth-order valence-corrected chi connectivity index (χ4v) is 6.02. The number of Topliss-reactive ketones (excluding diaryl/α,β-unsaturated/α-hetero) is 1. The second kappa shape index (κ2) is 10.2. The average Bonchev–Trinajstić information content (AvgIpc) is 3.18. The topological polar surface area (TPSA) is 89.9 Å². The number of rotatable bonds is 8. The van der Waals surface area contributed by atoms with Crippen LogP contribution in [-0.4, -0.2) is 62.5 Å². The molecule has 0 spiro atoms. The SMILES string of the molecule is COc1ccc(N[C@@H](C)C(=O)c2cc(C)n(-c3ccccc3)c2C)cc1S(=O)(=O)N1CCOCC1. The minimum Gasteiger partial charge on any atom is -0.495 e. The maximum atomic E-state index is 13.4. The minimum atomic E-state index is -3.78. The van der Waals surface area contributed by atoms with Crippen molar-refractivity contribution in [1.82, 2.24) is 8.87 Å². The zero-order valence-corrected chi connectivity index (χ0v) is 21.3. The Hall–Kier alpha value is -3.14. The van der Waals surface area contributed by atoms with Gasteiger partial charge >= 0.3 is 0 Å². The van der Waals surface area contributed by atoms with Gasteiger partial charge < -0.3 is 19.4 Å². The van der Waals surface area contributed by atoms with E-state index in [1.165, 1.54) is 17.5 Å². The van der Waals surface area contributed by atoms with E-state index >= 15 is 0 Å². The Labute approximate surface area is 206 Å². The number of aryl methyl sites for hydroxylation is 1. The van der Waals surface area contributed by atoms with Crippen molar-refractivity contribution in [3.8, 4) is 11.4 Å². The second-order valence-electron chi connectivity index (χ2n) is 8.57. The van der Waals surface area contributed by atoms with Crippen molar-refractivity contribution < 1.29 is 22.7 Å². The van der Waals surface area contributed by atoms with Crippen LogP contribution in [0.3, 0.4) is 0 Å². The smallest absolute Gasteiger partial charge is 0.246 e. The average molecular weight is 498 g/mol. The molecule has 0 amide bonds. The summed E-state index contributed by atoms with van der Waals surface area (Å²) in [4.78, 5) is 13.4. The van der Waals surface area contributed by atoms with Gasteiger partial charge in [0, 0.05) is 41.4 Å². The lowest BCUT2D eigenvalue weighted by Crippen LogP contribution is -2.40. The molecule has 0 bridgehead atoms. The number of para-hydroxylation sites is 1. The summed E-state index contributed by atoms with van der Waals surface area (Å²) >= 11 is 0. The van der Waals surface area contributed by atoms with Crippen molar-refractivity contribution >= 4 is 21.5 Å². The van der Waals surface area contributed by atoms with Crippen molar-refractivity contribution in [2.75, 3.05) is 38.7 Å². The number of nitrogens with zero attached hydrogens (tertiary/aromatic N) is 2. The van der Waals surface area contributed by atoms with Gasteiger partial charge in [-0.25, -0.2) is 8.42 Å². The van der Waals surface area contributed by atoms with E-state index in [0.717, 1.165) is 17.1 Å². The number of nitrogens with one attached hydrogen (secondary N) is 1. The van der Waals surface area contributed by atoms with Crippen molar-refractivity contribution in [2.24, 2.45) is 0 Å². The maximum absolute atomic E-state index is 13.4. The van der Waals surface area contributed by atoms with Crippen LogP contribution >= 0.6 is 0 Å². The highest BCUT2D eigenvalue weighted by Crippen LogP contribution is 2.31. The Morgan fingerprint density at radius 2 is 1.74 bits per heavy atom. The van der Waals surface area contributed by atoms with E-state index in [1.807, 2.05) is 50.2 Å². The summed E-state index contributed by atoms with van der Waals surface area (Å²) < 4.78 is 40.6. The maximum Gasteiger partial charge on any atom is 0.246 e. The number of carbonyl (C=O) groups is 1. The molecule has 9 heteroatoms. The van der Waals surface area contributed by atoms with Crippen LogP contribution in [0.1, 0.15) is 28.7 Å². The highest BCUT2D eigenvalue weighted by atomic mass is 32.2. The number of morpholine rings is 1. The molecule has 1 aliphatic heterocycles. The molecule has 0 unspecified atom stereocenters.